The lowest BCUT2D eigenvalue weighted by Gasteiger charge is -2.15. The van der Waals surface area contributed by atoms with E-state index in [0.717, 1.165) is 34.2 Å². The Balaban J connectivity index is 1.77. The van der Waals surface area contributed by atoms with Gasteiger partial charge in [0.15, 0.2) is 0 Å². The van der Waals surface area contributed by atoms with Gasteiger partial charge in [-0.2, -0.15) is 0 Å². The van der Waals surface area contributed by atoms with Crippen LogP contribution in [0.1, 0.15) is 12.8 Å². The lowest BCUT2D eigenvalue weighted by atomic mass is 10.1. The first kappa shape index (κ1) is 15.6. The van der Waals surface area contributed by atoms with Crippen molar-refractivity contribution in [3.8, 4) is 11.4 Å². The number of fused-ring (bicyclic) bond motifs is 2. The minimum absolute atomic E-state index is 1.01. The fourth-order valence-corrected chi connectivity index (χ4v) is 4.02. The van der Waals surface area contributed by atoms with Gasteiger partial charge in [-0.1, -0.05) is 58.4 Å². The molecule has 3 heteroatoms. The van der Waals surface area contributed by atoms with Gasteiger partial charge in [0.1, 0.15) is 5.82 Å². The normalized spacial score (nSPS) is 14.1. The summed E-state index contributed by atoms with van der Waals surface area (Å²) in [4.78, 5) is 4.97. The van der Waals surface area contributed by atoms with Gasteiger partial charge >= 0.3 is 0 Å². The standard InChI is InChI=1S/C23H17BrN2/c24-19-13-12-16-14-18(11-10-17(16)15-19)23-25-21-8-4-5-9-22(21)26(23)20-6-2-1-3-7-20/h1-2,4-6,8-15H,3,7H2. The third-order valence-electron chi connectivity index (χ3n) is 4.90. The Morgan fingerprint density at radius 1 is 0.923 bits per heavy atom. The molecule has 126 valence electrons. The molecule has 0 saturated heterocycles. The van der Waals surface area contributed by atoms with Crippen LogP contribution < -0.4 is 0 Å². The third kappa shape index (κ3) is 2.60. The third-order valence-corrected chi connectivity index (χ3v) is 5.39. The molecule has 1 aliphatic rings. The summed E-state index contributed by atoms with van der Waals surface area (Å²) in [5.41, 5.74) is 4.65. The average molecular weight is 401 g/mol. The number of rotatable bonds is 2. The summed E-state index contributed by atoms with van der Waals surface area (Å²) >= 11 is 3.55. The van der Waals surface area contributed by atoms with Crippen LogP contribution in [0.5, 0.6) is 0 Å². The fraction of sp³-hybridized carbons (Fsp3) is 0.0870. The van der Waals surface area contributed by atoms with Crippen molar-refractivity contribution in [2.45, 2.75) is 12.8 Å². The minimum Gasteiger partial charge on any atom is -0.296 e. The molecule has 5 rings (SSSR count). The van der Waals surface area contributed by atoms with Gasteiger partial charge in [-0.3, -0.25) is 4.57 Å². The highest BCUT2D eigenvalue weighted by Crippen LogP contribution is 2.33. The number of benzene rings is 3. The molecule has 0 fully saturated rings. The van der Waals surface area contributed by atoms with Crippen molar-refractivity contribution in [2.75, 3.05) is 0 Å². The van der Waals surface area contributed by atoms with Crippen LogP contribution in [0.2, 0.25) is 0 Å². The van der Waals surface area contributed by atoms with Gasteiger partial charge < -0.3 is 0 Å². The Hall–Kier alpha value is -2.65. The van der Waals surface area contributed by atoms with E-state index in [9.17, 15) is 0 Å². The largest absolute Gasteiger partial charge is 0.296 e. The van der Waals surface area contributed by atoms with Gasteiger partial charge in [-0.25, -0.2) is 4.98 Å². The first-order valence-electron chi connectivity index (χ1n) is 8.83. The zero-order valence-electron chi connectivity index (χ0n) is 14.2. The second-order valence-corrected chi connectivity index (χ2v) is 7.51. The van der Waals surface area contributed by atoms with Crippen LogP contribution in [0.4, 0.5) is 0 Å². The molecule has 0 bridgehead atoms. The van der Waals surface area contributed by atoms with Crippen molar-refractivity contribution in [2.24, 2.45) is 0 Å². The maximum Gasteiger partial charge on any atom is 0.145 e. The SMILES string of the molecule is Brc1ccc2cc(-c3nc4ccccc4n3C3=CC=CCC3)ccc2c1. The summed E-state index contributed by atoms with van der Waals surface area (Å²) in [6, 6.07) is 21.4. The predicted molar refractivity (Wildman–Crippen MR) is 113 cm³/mol. The molecule has 1 aromatic heterocycles. The highest BCUT2D eigenvalue weighted by atomic mass is 79.9. The molecule has 0 amide bonds. The molecule has 0 spiro atoms. The summed E-state index contributed by atoms with van der Waals surface area (Å²) in [6.45, 7) is 0. The maximum atomic E-state index is 4.97. The van der Waals surface area contributed by atoms with Crippen molar-refractivity contribution in [1.29, 1.82) is 0 Å². The Kier molecular flexibility index (Phi) is 3.75. The highest BCUT2D eigenvalue weighted by molar-refractivity contribution is 9.10. The summed E-state index contributed by atoms with van der Waals surface area (Å²) < 4.78 is 3.42. The molecular formula is C23H17BrN2. The number of hydrogen-bond acceptors (Lipinski definition) is 1. The zero-order chi connectivity index (χ0) is 17.5. The molecule has 2 nitrogen and oxygen atoms in total. The van der Waals surface area contributed by atoms with Crippen LogP contribution in [-0.4, -0.2) is 9.55 Å². The predicted octanol–water partition coefficient (Wildman–Crippen LogP) is 6.81. The topological polar surface area (TPSA) is 17.8 Å². The van der Waals surface area contributed by atoms with E-state index in [0.29, 0.717) is 0 Å². The van der Waals surface area contributed by atoms with Crippen molar-refractivity contribution >= 4 is 43.4 Å². The Bertz CT molecular complexity index is 1200. The van der Waals surface area contributed by atoms with Crippen LogP contribution in [0, 0.1) is 0 Å². The van der Waals surface area contributed by atoms with Crippen molar-refractivity contribution < 1.29 is 0 Å². The van der Waals surface area contributed by atoms with Crippen LogP contribution in [0.15, 0.2) is 83.4 Å². The van der Waals surface area contributed by atoms with Gasteiger partial charge in [-0.05, 0) is 60.0 Å². The second kappa shape index (κ2) is 6.26. The van der Waals surface area contributed by atoms with Gasteiger partial charge in [0.25, 0.3) is 0 Å². The van der Waals surface area contributed by atoms with E-state index in [-0.39, 0.29) is 0 Å². The van der Waals surface area contributed by atoms with E-state index in [1.54, 1.807) is 0 Å². The fourth-order valence-electron chi connectivity index (χ4n) is 3.64. The number of para-hydroxylation sites is 2. The van der Waals surface area contributed by atoms with E-state index in [1.165, 1.54) is 22.0 Å². The number of halogens is 1. The quantitative estimate of drug-likeness (QED) is 0.361. The summed E-state index contributed by atoms with van der Waals surface area (Å²) in [5.74, 6) is 1.01. The summed E-state index contributed by atoms with van der Waals surface area (Å²) in [5, 5.41) is 2.45. The lowest BCUT2D eigenvalue weighted by Crippen LogP contribution is -2.01. The molecule has 3 aromatic carbocycles. The van der Waals surface area contributed by atoms with E-state index in [4.69, 9.17) is 4.98 Å². The summed E-state index contributed by atoms with van der Waals surface area (Å²) in [6.07, 6.45) is 8.68. The number of imidazole rings is 1. The Morgan fingerprint density at radius 3 is 2.65 bits per heavy atom. The van der Waals surface area contributed by atoms with E-state index in [1.807, 2.05) is 0 Å². The average Bonchev–Trinajstić information content (AvgIpc) is 3.08. The molecule has 0 radical (unpaired) electrons. The number of aromatic nitrogens is 2. The molecule has 4 aromatic rings. The molecule has 0 saturated carbocycles. The van der Waals surface area contributed by atoms with Crippen LogP contribution in [0.3, 0.4) is 0 Å². The molecule has 26 heavy (non-hydrogen) atoms. The first-order valence-corrected chi connectivity index (χ1v) is 9.62. The molecule has 0 aliphatic heterocycles. The molecule has 0 unspecified atom stereocenters. The van der Waals surface area contributed by atoms with Crippen molar-refractivity contribution in [3.63, 3.8) is 0 Å². The molecule has 1 heterocycles. The first-order chi connectivity index (χ1) is 12.8. The van der Waals surface area contributed by atoms with Crippen LogP contribution >= 0.6 is 15.9 Å². The Labute approximate surface area is 160 Å². The molecule has 0 atom stereocenters. The summed E-state index contributed by atoms with van der Waals surface area (Å²) in [7, 11) is 0. The van der Waals surface area contributed by atoms with Crippen LogP contribution in [-0.2, 0) is 0 Å². The van der Waals surface area contributed by atoms with E-state index < -0.39 is 0 Å². The minimum atomic E-state index is 1.01. The van der Waals surface area contributed by atoms with Crippen molar-refractivity contribution in [1.82, 2.24) is 9.55 Å². The highest BCUT2D eigenvalue weighted by Gasteiger charge is 2.16. The van der Waals surface area contributed by atoms with Crippen LogP contribution in [0.25, 0.3) is 38.9 Å². The Morgan fingerprint density at radius 2 is 1.77 bits per heavy atom. The smallest absolute Gasteiger partial charge is 0.145 e. The van der Waals surface area contributed by atoms with Crippen molar-refractivity contribution in [3.05, 3.63) is 83.4 Å². The maximum absolute atomic E-state index is 4.97. The second-order valence-electron chi connectivity index (χ2n) is 6.59. The lowest BCUT2D eigenvalue weighted by molar-refractivity contribution is 0.960. The van der Waals surface area contributed by atoms with Gasteiger partial charge in [0.2, 0.25) is 0 Å². The molecule has 1 aliphatic carbocycles. The number of nitrogens with zero attached hydrogens (tertiary/aromatic N) is 2. The van der Waals surface area contributed by atoms with E-state index >= 15 is 0 Å². The van der Waals surface area contributed by atoms with Gasteiger partial charge in [-0.15, -0.1) is 0 Å². The zero-order valence-corrected chi connectivity index (χ0v) is 15.8. The monoisotopic (exact) mass is 400 g/mol. The van der Waals surface area contributed by atoms with Gasteiger partial charge in [0, 0.05) is 15.7 Å². The number of allylic oxidation sites excluding steroid dienone is 4. The molecule has 0 N–H and O–H groups in total. The van der Waals surface area contributed by atoms with Gasteiger partial charge in [0.05, 0.1) is 11.0 Å². The number of hydrogen-bond donors (Lipinski definition) is 0. The van der Waals surface area contributed by atoms with E-state index in [2.05, 4.69) is 99.4 Å². The molecular weight excluding hydrogens is 384 g/mol.